The average molecular weight is 311 g/mol. The lowest BCUT2D eigenvalue weighted by Crippen LogP contribution is -2.25. The van der Waals surface area contributed by atoms with Crippen LogP contribution in [-0.4, -0.2) is 41.0 Å². The van der Waals surface area contributed by atoms with E-state index in [0.29, 0.717) is 24.2 Å². The van der Waals surface area contributed by atoms with Gasteiger partial charge < -0.3 is 15.2 Å². The quantitative estimate of drug-likeness (QED) is 0.680. The molecule has 3 N–H and O–H groups in total. The van der Waals surface area contributed by atoms with Crippen molar-refractivity contribution in [3.05, 3.63) is 36.0 Å². The fourth-order valence-electron chi connectivity index (χ4n) is 1.88. The van der Waals surface area contributed by atoms with Gasteiger partial charge in [-0.3, -0.25) is 9.89 Å². The fourth-order valence-corrected chi connectivity index (χ4v) is 1.88. The lowest BCUT2D eigenvalue weighted by molar-refractivity contribution is -0.0498. The van der Waals surface area contributed by atoms with E-state index in [0.717, 1.165) is 0 Å². The summed E-state index contributed by atoms with van der Waals surface area (Å²) in [7, 11) is 0. The lowest BCUT2D eigenvalue weighted by atomic mass is 10.1. The topological polar surface area (TPSA) is 87.2 Å². The maximum Gasteiger partial charge on any atom is 0.387 e. The van der Waals surface area contributed by atoms with Gasteiger partial charge in [0.05, 0.1) is 17.5 Å². The number of amides is 1. The SMILES string of the molecule is O=C(NCCCO)c1cn[nH]c1-c1cccc(OC(F)F)c1. The van der Waals surface area contributed by atoms with Crippen molar-refractivity contribution in [1.29, 1.82) is 0 Å². The summed E-state index contributed by atoms with van der Waals surface area (Å²) in [6.45, 7) is -2.61. The normalized spacial score (nSPS) is 10.7. The monoisotopic (exact) mass is 311 g/mol. The summed E-state index contributed by atoms with van der Waals surface area (Å²) in [6, 6.07) is 5.98. The third kappa shape index (κ3) is 4.01. The highest BCUT2D eigenvalue weighted by Crippen LogP contribution is 2.25. The van der Waals surface area contributed by atoms with Gasteiger partial charge in [-0.25, -0.2) is 0 Å². The summed E-state index contributed by atoms with van der Waals surface area (Å²) in [5.74, 6) is -0.369. The standard InChI is InChI=1S/C14H15F2N3O3/c15-14(16)22-10-4-1-3-9(7-10)12-11(8-18-19-12)13(21)17-5-2-6-20/h1,3-4,7-8,14,20H,2,5-6H2,(H,17,21)(H,18,19). The molecule has 0 bridgehead atoms. The number of hydrogen-bond donors (Lipinski definition) is 3. The minimum Gasteiger partial charge on any atom is -0.435 e. The molecule has 1 amide bonds. The van der Waals surface area contributed by atoms with Crippen molar-refractivity contribution in [3.8, 4) is 17.0 Å². The van der Waals surface area contributed by atoms with Crippen LogP contribution in [0.3, 0.4) is 0 Å². The van der Waals surface area contributed by atoms with E-state index in [2.05, 4.69) is 20.3 Å². The van der Waals surface area contributed by atoms with Crippen LogP contribution >= 0.6 is 0 Å². The first-order valence-electron chi connectivity index (χ1n) is 6.59. The first-order chi connectivity index (χ1) is 10.6. The van der Waals surface area contributed by atoms with E-state index in [-0.39, 0.29) is 23.8 Å². The Morgan fingerprint density at radius 1 is 1.45 bits per heavy atom. The summed E-state index contributed by atoms with van der Waals surface area (Å²) < 4.78 is 28.8. The fraction of sp³-hybridized carbons (Fsp3) is 0.286. The van der Waals surface area contributed by atoms with E-state index in [1.54, 1.807) is 12.1 Å². The zero-order chi connectivity index (χ0) is 15.9. The second-order valence-corrected chi connectivity index (χ2v) is 4.40. The molecule has 0 atom stereocenters. The van der Waals surface area contributed by atoms with Crippen LogP contribution in [0, 0.1) is 0 Å². The van der Waals surface area contributed by atoms with E-state index >= 15 is 0 Å². The van der Waals surface area contributed by atoms with Crippen LogP contribution in [0.5, 0.6) is 5.75 Å². The number of aliphatic hydroxyl groups excluding tert-OH is 1. The molecule has 8 heteroatoms. The second kappa shape index (κ2) is 7.51. The predicted molar refractivity (Wildman–Crippen MR) is 74.7 cm³/mol. The molecular formula is C14H15F2N3O3. The average Bonchev–Trinajstić information content (AvgIpc) is 2.96. The van der Waals surface area contributed by atoms with Crippen LogP contribution in [0.1, 0.15) is 16.8 Å². The van der Waals surface area contributed by atoms with Gasteiger partial charge in [-0.2, -0.15) is 13.9 Å². The number of carbonyl (C=O) groups excluding carboxylic acids is 1. The molecule has 0 saturated heterocycles. The van der Waals surface area contributed by atoms with Gasteiger partial charge in [-0.1, -0.05) is 12.1 Å². The van der Waals surface area contributed by atoms with Crippen LogP contribution in [0.15, 0.2) is 30.5 Å². The molecule has 0 radical (unpaired) electrons. The molecule has 118 valence electrons. The first-order valence-corrected chi connectivity index (χ1v) is 6.59. The molecule has 0 aliphatic carbocycles. The number of alkyl halides is 2. The van der Waals surface area contributed by atoms with Gasteiger partial charge >= 0.3 is 6.61 Å². The van der Waals surface area contributed by atoms with Crippen molar-refractivity contribution in [2.24, 2.45) is 0 Å². The number of nitrogens with zero attached hydrogens (tertiary/aromatic N) is 1. The van der Waals surface area contributed by atoms with Gasteiger partial charge in [-0.15, -0.1) is 0 Å². The molecule has 0 aliphatic rings. The highest BCUT2D eigenvalue weighted by molar-refractivity contribution is 5.99. The van der Waals surface area contributed by atoms with Gasteiger partial charge in [0.15, 0.2) is 0 Å². The van der Waals surface area contributed by atoms with Crippen molar-refractivity contribution in [2.75, 3.05) is 13.2 Å². The van der Waals surface area contributed by atoms with Crippen molar-refractivity contribution in [2.45, 2.75) is 13.0 Å². The van der Waals surface area contributed by atoms with Gasteiger partial charge in [0.2, 0.25) is 0 Å². The molecule has 0 spiro atoms. The van der Waals surface area contributed by atoms with E-state index in [9.17, 15) is 13.6 Å². The van der Waals surface area contributed by atoms with Crippen molar-refractivity contribution in [1.82, 2.24) is 15.5 Å². The highest BCUT2D eigenvalue weighted by Gasteiger charge is 2.15. The Balaban J connectivity index is 2.19. The number of rotatable bonds is 7. The van der Waals surface area contributed by atoms with Crippen molar-refractivity contribution >= 4 is 5.91 Å². The number of hydrogen-bond acceptors (Lipinski definition) is 4. The highest BCUT2D eigenvalue weighted by atomic mass is 19.3. The van der Waals surface area contributed by atoms with Crippen LogP contribution < -0.4 is 10.1 Å². The van der Waals surface area contributed by atoms with Crippen molar-refractivity contribution in [3.63, 3.8) is 0 Å². The number of nitrogens with one attached hydrogen (secondary N) is 2. The Kier molecular flexibility index (Phi) is 5.42. The maximum atomic E-state index is 12.2. The smallest absolute Gasteiger partial charge is 0.387 e. The molecular weight excluding hydrogens is 296 g/mol. The number of ether oxygens (including phenoxy) is 1. The Labute approximate surface area is 125 Å². The molecule has 0 aliphatic heterocycles. The molecule has 2 rings (SSSR count). The number of aliphatic hydroxyl groups is 1. The van der Waals surface area contributed by atoms with Gasteiger partial charge in [-0.05, 0) is 18.6 Å². The Bertz CT molecular complexity index is 631. The summed E-state index contributed by atoms with van der Waals surface area (Å²) in [5, 5.41) is 17.8. The number of halogens is 2. The van der Waals surface area contributed by atoms with Crippen LogP contribution in [0.2, 0.25) is 0 Å². The predicted octanol–water partition coefficient (Wildman–Crippen LogP) is 1.79. The number of aromatic nitrogens is 2. The lowest BCUT2D eigenvalue weighted by Gasteiger charge is -2.08. The summed E-state index contributed by atoms with van der Waals surface area (Å²) in [6.07, 6.45) is 1.79. The van der Waals surface area contributed by atoms with E-state index in [1.165, 1.54) is 18.3 Å². The first kappa shape index (κ1) is 15.9. The third-order valence-corrected chi connectivity index (χ3v) is 2.85. The molecule has 1 heterocycles. The van der Waals surface area contributed by atoms with Gasteiger partial charge in [0.25, 0.3) is 5.91 Å². The van der Waals surface area contributed by atoms with Crippen molar-refractivity contribution < 1.29 is 23.4 Å². The summed E-state index contributed by atoms with van der Waals surface area (Å²) in [4.78, 5) is 12.0. The molecule has 1 aromatic heterocycles. The number of benzene rings is 1. The Morgan fingerprint density at radius 3 is 3.00 bits per heavy atom. The minimum atomic E-state index is -2.92. The Morgan fingerprint density at radius 2 is 2.27 bits per heavy atom. The van der Waals surface area contributed by atoms with Crippen LogP contribution in [0.25, 0.3) is 11.3 Å². The number of carbonyl (C=O) groups is 1. The molecule has 22 heavy (non-hydrogen) atoms. The van der Waals surface area contributed by atoms with E-state index in [4.69, 9.17) is 5.11 Å². The summed E-state index contributed by atoms with van der Waals surface area (Å²) in [5.41, 5.74) is 1.19. The summed E-state index contributed by atoms with van der Waals surface area (Å²) >= 11 is 0. The zero-order valence-corrected chi connectivity index (χ0v) is 11.6. The van der Waals surface area contributed by atoms with E-state index < -0.39 is 6.61 Å². The maximum absolute atomic E-state index is 12.2. The molecule has 1 aromatic carbocycles. The Hall–Kier alpha value is -2.48. The molecule has 0 saturated carbocycles. The van der Waals surface area contributed by atoms with Gasteiger partial charge in [0, 0.05) is 18.7 Å². The largest absolute Gasteiger partial charge is 0.435 e. The molecule has 0 fully saturated rings. The number of aromatic amines is 1. The van der Waals surface area contributed by atoms with E-state index in [1.807, 2.05) is 0 Å². The number of H-pyrrole nitrogens is 1. The van der Waals surface area contributed by atoms with Gasteiger partial charge in [0.1, 0.15) is 5.75 Å². The van der Waals surface area contributed by atoms with Crippen LogP contribution in [-0.2, 0) is 0 Å². The molecule has 6 nitrogen and oxygen atoms in total. The third-order valence-electron chi connectivity index (χ3n) is 2.85. The molecule has 0 unspecified atom stereocenters. The van der Waals surface area contributed by atoms with Crippen LogP contribution in [0.4, 0.5) is 8.78 Å². The zero-order valence-electron chi connectivity index (χ0n) is 11.6. The molecule has 2 aromatic rings. The second-order valence-electron chi connectivity index (χ2n) is 4.40. The minimum absolute atomic E-state index is 0.00580.